The van der Waals surface area contributed by atoms with Crippen molar-refractivity contribution in [2.45, 2.75) is 20.8 Å². The van der Waals surface area contributed by atoms with Crippen molar-refractivity contribution in [2.24, 2.45) is 11.0 Å². The van der Waals surface area contributed by atoms with Gasteiger partial charge in [0.2, 0.25) is 0 Å². The van der Waals surface area contributed by atoms with Gasteiger partial charge in [-0.25, -0.2) is 5.43 Å². The van der Waals surface area contributed by atoms with E-state index in [2.05, 4.69) is 10.5 Å². The van der Waals surface area contributed by atoms with Gasteiger partial charge in [0.25, 0.3) is 5.91 Å². The predicted octanol–water partition coefficient (Wildman–Crippen LogP) is 1.77. The lowest BCUT2D eigenvalue weighted by Gasteiger charge is -2.11. The van der Waals surface area contributed by atoms with Gasteiger partial charge in [0.1, 0.15) is 0 Å². The van der Waals surface area contributed by atoms with E-state index in [1.807, 2.05) is 0 Å². The van der Waals surface area contributed by atoms with Crippen LogP contribution in [0, 0.1) is 5.92 Å². The van der Waals surface area contributed by atoms with Crippen LogP contribution in [0.4, 0.5) is 0 Å². The van der Waals surface area contributed by atoms with E-state index in [1.54, 1.807) is 45.0 Å². The summed E-state index contributed by atoms with van der Waals surface area (Å²) in [5.41, 5.74) is 2.80. The number of para-hydroxylation sites is 2. The summed E-state index contributed by atoms with van der Waals surface area (Å²) in [6, 6.07) is 7.01. The summed E-state index contributed by atoms with van der Waals surface area (Å²) < 4.78 is 15.4. The van der Waals surface area contributed by atoms with Crippen LogP contribution >= 0.6 is 0 Å². The van der Waals surface area contributed by atoms with Crippen molar-refractivity contribution in [1.82, 2.24) is 5.43 Å². The first-order valence-electron chi connectivity index (χ1n) is 7.25. The molecule has 126 valence electrons. The van der Waals surface area contributed by atoms with E-state index in [4.69, 9.17) is 14.2 Å². The molecule has 0 saturated heterocycles. The molecule has 1 aromatic carbocycles. The fraction of sp³-hybridized carbons (Fsp3) is 0.438. The molecule has 1 rings (SSSR count). The van der Waals surface area contributed by atoms with Gasteiger partial charge in [0.15, 0.2) is 18.1 Å². The monoisotopic (exact) mass is 322 g/mol. The number of nitrogens with zero attached hydrogens (tertiary/aromatic N) is 1. The summed E-state index contributed by atoms with van der Waals surface area (Å²) in [4.78, 5) is 23.3. The molecule has 0 spiro atoms. The molecule has 1 aromatic rings. The number of nitrogens with one attached hydrogen (secondary N) is 1. The molecule has 1 N–H and O–H groups in total. The summed E-state index contributed by atoms with van der Waals surface area (Å²) in [7, 11) is 1.52. The second-order valence-corrected chi connectivity index (χ2v) is 4.70. The number of hydrazone groups is 1. The highest BCUT2D eigenvalue weighted by Gasteiger charge is 2.17. The van der Waals surface area contributed by atoms with Crippen molar-refractivity contribution < 1.29 is 23.8 Å². The third kappa shape index (κ3) is 5.98. The second-order valence-electron chi connectivity index (χ2n) is 4.70. The highest BCUT2D eigenvalue weighted by atomic mass is 16.5. The Hall–Kier alpha value is -2.57. The summed E-state index contributed by atoms with van der Waals surface area (Å²) in [6.07, 6.45) is 0. The van der Waals surface area contributed by atoms with Crippen molar-refractivity contribution in [2.75, 3.05) is 20.3 Å². The Labute approximate surface area is 135 Å². The minimum Gasteiger partial charge on any atom is -0.493 e. The maximum atomic E-state index is 11.7. The Balaban J connectivity index is 2.50. The maximum absolute atomic E-state index is 11.7. The van der Waals surface area contributed by atoms with Gasteiger partial charge in [0, 0.05) is 5.71 Å². The Morgan fingerprint density at radius 3 is 2.52 bits per heavy atom. The average molecular weight is 322 g/mol. The average Bonchev–Trinajstić information content (AvgIpc) is 2.57. The van der Waals surface area contributed by atoms with Crippen LogP contribution in [-0.4, -0.2) is 37.9 Å². The van der Waals surface area contributed by atoms with E-state index >= 15 is 0 Å². The van der Waals surface area contributed by atoms with Crippen LogP contribution < -0.4 is 14.9 Å². The fourth-order valence-corrected chi connectivity index (χ4v) is 1.60. The molecule has 0 aliphatic rings. The molecule has 1 unspecified atom stereocenters. The van der Waals surface area contributed by atoms with Gasteiger partial charge in [0.05, 0.1) is 19.6 Å². The molecule has 0 fully saturated rings. The number of benzene rings is 1. The summed E-state index contributed by atoms with van der Waals surface area (Å²) >= 11 is 0. The van der Waals surface area contributed by atoms with Crippen LogP contribution in [0.15, 0.2) is 29.4 Å². The first kappa shape index (κ1) is 18.5. The molecule has 0 radical (unpaired) electrons. The topological polar surface area (TPSA) is 86.2 Å². The number of hydrogen-bond acceptors (Lipinski definition) is 6. The van der Waals surface area contributed by atoms with Crippen molar-refractivity contribution >= 4 is 17.6 Å². The summed E-state index contributed by atoms with van der Waals surface area (Å²) in [5.74, 6) is -0.341. The third-order valence-electron chi connectivity index (χ3n) is 3.05. The first-order chi connectivity index (χ1) is 11.0. The molecule has 0 saturated carbocycles. The number of carbonyl (C=O) groups excluding carboxylic acids is 2. The SMILES string of the molecule is CCOC(=O)C(C)/C(C)=N/NC(=O)COc1ccccc1OC. The quantitative estimate of drug-likeness (QED) is 0.448. The summed E-state index contributed by atoms with van der Waals surface area (Å²) in [5, 5.41) is 3.89. The zero-order chi connectivity index (χ0) is 17.2. The maximum Gasteiger partial charge on any atom is 0.314 e. The Bertz CT molecular complexity index is 571. The third-order valence-corrected chi connectivity index (χ3v) is 3.05. The normalized spacial score (nSPS) is 12.3. The number of amides is 1. The highest BCUT2D eigenvalue weighted by Crippen LogP contribution is 2.25. The number of ether oxygens (including phenoxy) is 3. The van der Waals surface area contributed by atoms with E-state index in [-0.39, 0.29) is 12.6 Å². The lowest BCUT2D eigenvalue weighted by Crippen LogP contribution is -2.28. The van der Waals surface area contributed by atoms with Gasteiger partial charge in [-0.05, 0) is 32.9 Å². The standard InChI is InChI=1S/C16H22N2O5/c1-5-22-16(20)11(2)12(3)17-18-15(19)10-23-14-9-7-6-8-13(14)21-4/h6-9,11H,5,10H2,1-4H3,(H,18,19)/b17-12+. The first-order valence-corrected chi connectivity index (χ1v) is 7.25. The van der Waals surface area contributed by atoms with Crippen LogP contribution in [0.5, 0.6) is 11.5 Å². The van der Waals surface area contributed by atoms with E-state index in [1.165, 1.54) is 7.11 Å². The van der Waals surface area contributed by atoms with Gasteiger partial charge >= 0.3 is 5.97 Å². The van der Waals surface area contributed by atoms with Crippen LogP contribution in [-0.2, 0) is 14.3 Å². The van der Waals surface area contributed by atoms with Crippen LogP contribution in [0.1, 0.15) is 20.8 Å². The zero-order valence-corrected chi connectivity index (χ0v) is 13.8. The van der Waals surface area contributed by atoms with E-state index in [0.717, 1.165) is 0 Å². The molecule has 0 aromatic heterocycles. The molecular weight excluding hydrogens is 300 g/mol. The Morgan fingerprint density at radius 1 is 1.26 bits per heavy atom. The van der Waals surface area contributed by atoms with E-state index < -0.39 is 11.8 Å². The molecule has 0 bridgehead atoms. The smallest absolute Gasteiger partial charge is 0.314 e. The van der Waals surface area contributed by atoms with Gasteiger partial charge in [-0.15, -0.1) is 0 Å². The Morgan fingerprint density at radius 2 is 1.91 bits per heavy atom. The van der Waals surface area contributed by atoms with Crippen LogP contribution in [0.2, 0.25) is 0 Å². The van der Waals surface area contributed by atoms with E-state index in [9.17, 15) is 9.59 Å². The molecule has 7 nitrogen and oxygen atoms in total. The Kier molecular flexibility index (Phi) is 7.59. The zero-order valence-electron chi connectivity index (χ0n) is 13.8. The lowest BCUT2D eigenvalue weighted by atomic mass is 10.1. The van der Waals surface area contributed by atoms with Gasteiger partial charge in [-0.1, -0.05) is 12.1 Å². The van der Waals surface area contributed by atoms with Gasteiger partial charge in [-0.2, -0.15) is 5.10 Å². The number of rotatable bonds is 8. The fourth-order valence-electron chi connectivity index (χ4n) is 1.60. The largest absolute Gasteiger partial charge is 0.493 e. The molecular formula is C16H22N2O5. The minimum atomic E-state index is -0.523. The van der Waals surface area contributed by atoms with Crippen molar-refractivity contribution in [3.63, 3.8) is 0 Å². The second kappa shape index (κ2) is 9.45. The van der Waals surface area contributed by atoms with Gasteiger partial charge < -0.3 is 14.2 Å². The van der Waals surface area contributed by atoms with Crippen LogP contribution in [0.25, 0.3) is 0 Å². The number of esters is 1. The summed E-state index contributed by atoms with van der Waals surface area (Å²) in [6.45, 7) is 5.12. The molecule has 1 atom stereocenters. The molecule has 0 heterocycles. The molecule has 0 aliphatic heterocycles. The minimum absolute atomic E-state index is 0.217. The molecule has 0 aliphatic carbocycles. The predicted molar refractivity (Wildman–Crippen MR) is 85.5 cm³/mol. The number of methoxy groups -OCH3 is 1. The molecule has 1 amide bonds. The van der Waals surface area contributed by atoms with Crippen molar-refractivity contribution in [3.05, 3.63) is 24.3 Å². The number of carbonyl (C=O) groups is 2. The molecule has 23 heavy (non-hydrogen) atoms. The van der Waals surface area contributed by atoms with E-state index in [0.29, 0.717) is 23.8 Å². The lowest BCUT2D eigenvalue weighted by molar-refractivity contribution is -0.145. The molecule has 7 heteroatoms. The van der Waals surface area contributed by atoms with Crippen molar-refractivity contribution in [1.29, 1.82) is 0 Å². The number of hydrogen-bond donors (Lipinski definition) is 1. The van der Waals surface area contributed by atoms with Gasteiger partial charge in [-0.3, -0.25) is 9.59 Å². The van der Waals surface area contributed by atoms with Crippen LogP contribution in [0.3, 0.4) is 0 Å². The highest BCUT2D eigenvalue weighted by molar-refractivity contribution is 6.00. The van der Waals surface area contributed by atoms with Crippen molar-refractivity contribution in [3.8, 4) is 11.5 Å².